The van der Waals surface area contributed by atoms with Crippen molar-refractivity contribution in [2.75, 3.05) is 0 Å². The Labute approximate surface area is 98.9 Å². The van der Waals surface area contributed by atoms with Gasteiger partial charge in [0.15, 0.2) is 0 Å². The zero-order valence-electron chi connectivity index (χ0n) is 11.7. The summed E-state index contributed by atoms with van der Waals surface area (Å²) in [5.74, 6) is 2.18. The van der Waals surface area contributed by atoms with Crippen LogP contribution in [0.3, 0.4) is 0 Å². The zero-order chi connectivity index (χ0) is 12.2. The van der Waals surface area contributed by atoms with Gasteiger partial charge in [-0.1, -0.05) is 41.5 Å². The second-order valence-electron chi connectivity index (χ2n) is 6.00. The second-order valence-corrected chi connectivity index (χ2v) is 7.73. The van der Waals surface area contributed by atoms with Crippen molar-refractivity contribution in [3.05, 3.63) is 0 Å². The highest BCUT2D eigenvalue weighted by Gasteiger charge is 2.35. The van der Waals surface area contributed by atoms with Crippen molar-refractivity contribution in [2.24, 2.45) is 17.8 Å². The summed E-state index contributed by atoms with van der Waals surface area (Å²) in [6, 6.07) is 0. The Morgan fingerprint density at radius 1 is 0.867 bits per heavy atom. The summed E-state index contributed by atoms with van der Waals surface area (Å²) in [6.45, 7) is 18.2. The number of hydrogen-bond donors (Lipinski definition) is 0. The minimum atomic E-state index is 0.298. The van der Waals surface area contributed by atoms with E-state index in [9.17, 15) is 0 Å². The van der Waals surface area contributed by atoms with Crippen LogP contribution in [-0.2, 0) is 4.43 Å². The maximum Gasteiger partial charge on any atom is 0.236 e. The molecule has 0 saturated carbocycles. The highest BCUT2D eigenvalue weighted by Crippen LogP contribution is 2.43. The minimum Gasteiger partial charge on any atom is -0.415 e. The van der Waals surface area contributed by atoms with E-state index in [1.165, 1.54) is 0 Å². The van der Waals surface area contributed by atoms with Gasteiger partial charge in [0.1, 0.15) is 0 Å². The third-order valence-corrected chi connectivity index (χ3v) is 4.28. The molecule has 2 radical (unpaired) electrons. The topological polar surface area (TPSA) is 9.23 Å². The molecule has 0 unspecified atom stereocenters. The molecule has 1 nitrogen and oxygen atoms in total. The summed E-state index contributed by atoms with van der Waals surface area (Å²) in [5.41, 5.74) is 0. The van der Waals surface area contributed by atoms with E-state index in [1.807, 2.05) is 0 Å². The van der Waals surface area contributed by atoms with Crippen molar-refractivity contribution in [3.8, 4) is 0 Å². The van der Waals surface area contributed by atoms with Crippen LogP contribution in [-0.4, -0.2) is 15.9 Å². The van der Waals surface area contributed by atoms with Crippen LogP contribution in [0, 0.1) is 17.8 Å². The average molecular weight is 228 g/mol. The lowest BCUT2D eigenvalue weighted by Crippen LogP contribution is -2.33. The molecule has 0 aromatic carbocycles. The first-order valence-electron chi connectivity index (χ1n) is 6.11. The molecule has 0 aromatic heterocycles. The van der Waals surface area contributed by atoms with Crippen molar-refractivity contribution in [1.82, 2.24) is 0 Å². The van der Waals surface area contributed by atoms with E-state index in [1.54, 1.807) is 0 Å². The van der Waals surface area contributed by atoms with Gasteiger partial charge < -0.3 is 4.43 Å². The van der Waals surface area contributed by atoms with Gasteiger partial charge in [0.25, 0.3) is 0 Å². The molecule has 0 saturated heterocycles. The summed E-state index contributed by atoms with van der Waals surface area (Å²) >= 11 is 0. The molecule has 0 aliphatic heterocycles. The van der Waals surface area contributed by atoms with E-state index in [2.05, 4.69) is 55.4 Å². The van der Waals surface area contributed by atoms with Gasteiger partial charge in [-0.2, -0.15) is 0 Å². The molecule has 2 heteroatoms. The zero-order valence-corrected chi connectivity index (χ0v) is 12.7. The Kier molecular flexibility index (Phi) is 6.12. The fourth-order valence-electron chi connectivity index (χ4n) is 2.77. The lowest BCUT2D eigenvalue weighted by molar-refractivity contribution is 0.182. The van der Waals surface area contributed by atoms with E-state index < -0.39 is 0 Å². The molecule has 0 bridgehead atoms. The first-order valence-corrected chi connectivity index (χ1v) is 7.02. The van der Waals surface area contributed by atoms with Crippen molar-refractivity contribution >= 4 is 9.76 Å². The Balaban J connectivity index is 4.49. The molecule has 0 N–H and O–H groups in total. The molecule has 0 rings (SSSR count). The number of hydrogen-bond acceptors (Lipinski definition) is 1. The molecule has 0 fully saturated rings. The van der Waals surface area contributed by atoms with Crippen LogP contribution in [0.15, 0.2) is 0 Å². The summed E-state index contributed by atoms with van der Waals surface area (Å²) in [7, 11) is 0.605. The van der Waals surface area contributed by atoms with Crippen molar-refractivity contribution in [3.63, 3.8) is 0 Å². The first kappa shape index (κ1) is 15.2. The average Bonchev–Trinajstić information content (AvgIpc) is 1.98. The van der Waals surface area contributed by atoms with E-state index in [0.717, 1.165) is 17.8 Å². The minimum absolute atomic E-state index is 0.298. The van der Waals surface area contributed by atoms with Crippen LogP contribution >= 0.6 is 0 Å². The van der Waals surface area contributed by atoms with E-state index in [4.69, 9.17) is 4.43 Å². The smallest absolute Gasteiger partial charge is 0.236 e. The van der Waals surface area contributed by atoms with Crippen LogP contribution < -0.4 is 0 Å². The van der Waals surface area contributed by atoms with Gasteiger partial charge >= 0.3 is 0 Å². The van der Waals surface area contributed by atoms with E-state index in [0.29, 0.717) is 20.9 Å². The monoisotopic (exact) mass is 228 g/mol. The molecule has 0 aliphatic rings. The molecular weight excluding hydrogens is 200 g/mol. The molecule has 0 aromatic rings. The maximum absolute atomic E-state index is 5.82. The Morgan fingerprint density at radius 2 is 1.27 bits per heavy atom. The number of rotatable bonds is 6. The maximum atomic E-state index is 5.82. The van der Waals surface area contributed by atoms with Gasteiger partial charge in [-0.15, -0.1) is 0 Å². The van der Waals surface area contributed by atoms with Gasteiger partial charge in [0.2, 0.25) is 9.76 Å². The predicted molar refractivity (Wildman–Crippen MR) is 69.2 cm³/mol. The first-order chi connectivity index (χ1) is 6.68. The molecule has 0 spiro atoms. The summed E-state index contributed by atoms with van der Waals surface area (Å²) in [4.78, 5) is 0. The lowest BCUT2D eigenvalue weighted by atomic mass is 9.77. The van der Waals surface area contributed by atoms with Crippen LogP contribution in [0.4, 0.5) is 0 Å². The molecule has 90 valence electrons. The predicted octanol–water partition coefficient (Wildman–Crippen LogP) is 4.16. The SMILES string of the molecule is CC(C)O[Si]C(C)(C)C(C(C)C)C(C)C. The summed E-state index contributed by atoms with van der Waals surface area (Å²) < 4.78 is 5.82. The Morgan fingerprint density at radius 3 is 1.53 bits per heavy atom. The largest absolute Gasteiger partial charge is 0.415 e. The third kappa shape index (κ3) is 5.16. The fourth-order valence-corrected chi connectivity index (χ4v) is 4.12. The van der Waals surface area contributed by atoms with Gasteiger partial charge in [0.05, 0.1) is 0 Å². The summed E-state index contributed by atoms with van der Waals surface area (Å²) in [5, 5.41) is 0.298. The van der Waals surface area contributed by atoms with Crippen LogP contribution in [0.1, 0.15) is 55.4 Å². The molecular formula is C13H28OSi. The molecule has 15 heavy (non-hydrogen) atoms. The van der Waals surface area contributed by atoms with Crippen LogP contribution in [0.5, 0.6) is 0 Å². The van der Waals surface area contributed by atoms with E-state index in [-0.39, 0.29) is 0 Å². The highest BCUT2D eigenvalue weighted by molar-refractivity contribution is 6.32. The van der Waals surface area contributed by atoms with Crippen LogP contribution in [0.25, 0.3) is 0 Å². The quantitative estimate of drug-likeness (QED) is 0.620. The molecule has 0 amide bonds. The molecule has 0 atom stereocenters. The van der Waals surface area contributed by atoms with Crippen molar-refractivity contribution < 1.29 is 4.43 Å². The fraction of sp³-hybridized carbons (Fsp3) is 1.00. The van der Waals surface area contributed by atoms with Gasteiger partial charge in [-0.25, -0.2) is 0 Å². The van der Waals surface area contributed by atoms with Gasteiger partial charge in [-0.3, -0.25) is 0 Å². The highest BCUT2D eigenvalue weighted by atomic mass is 28.2. The standard InChI is InChI=1S/C13H28OSi/c1-9(2)12(10(3)4)13(7,8)15-14-11(5)6/h9-12H,1-8H3. The normalized spacial score (nSPS) is 13.6. The van der Waals surface area contributed by atoms with Gasteiger partial charge in [0, 0.05) is 6.10 Å². The molecule has 0 heterocycles. The van der Waals surface area contributed by atoms with Crippen LogP contribution in [0.2, 0.25) is 5.04 Å². The summed E-state index contributed by atoms with van der Waals surface area (Å²) in [6.07, 6.45) is 0.350. The van der Waals surface area contributed by atoms with Crippen molar-refractivity contribution in [1.29, 1.82) is 0 Å². The third-order valence-electron chi connectivity index (χ3n) is 2.83. The Bertz CT molecular complexity index is 165. The second kappa shape index (κ2) is 6.05. The molecule has 0 aliphatic carbocycles. The lowest BCUT2D eigenvalue weighted by Gasteiger charge is -2.39. The Hall–Kier alpha value is 0.177. The van der Waals surface area contributed by atoms with Crippen molar-refractivity contribution in [2.45, 2.75) is 66.5 Å². The van der Waals surface area contributed by atoms with E-state index >= 15 is 0 Å². The van der Waals surface area contributed by atoms with Gasteiger partial charge in [-0.05, 0) is 36.6 Å².